The highest BCUT2D eigenvalue weighted by Crippen LogP contribution is 2.33. The van der Waals surface area contributed by atoms with Gasteiger partial charge >= 0.3 is 6.03 Å². The Morgan fingerprint density at radius 1 is 1.04 bits per heavy atom. The molecule has 2 heterocycles. The van der Waals surface area contributed by atoms with Crippen LogP contribution in [0.25, 0.3) is 10.9 Å². The standard InChI is InChI=1S/C22H21N3O3/c1-3-22(15-9-5-4-6-10-15)20(27)25(21(28)24-22)13-18(26)19-14(2)23-17-12-8-7-11-16(17)19/h4-12,23H,3,13H2,1-2H3,(H,24,28)/t22-/m0/s1. The van der Waals surface area contributed by atoms with Gasteiger partial charge in [-0.05, 0) is 25.0 Å². The number of rotatable bonds is 5. The molecule has 1 aliphatic heterocycles. The Kier molecular flexibility index (Phi) is 4.26. The van der Waals surface area contributed by atoms with Crippen LogP contribution in [-0.2, 0) is 10.3 Å². The molecule has 2 aromatic carbocycles. The molecule has 0 bridgehead atoms. The number of urea groups is 1. The highest BCUT2D eigenvalue weighted by molar-refractivity contribution is 6.15. The number of carbonyl (C=O) groups excluding carboxylic acids is 3. The van der Waals surface area contributed by atoms with Gasteiger partial charge < -0.3 is 10.3 Å². The maximum absolute atomic E-state index is 13.2. The molecule has 4 rings (SSSR count). The van der Waals surface area contributed by atoms with Gasteiger partial charge in [0, 0.05) is 22.2 Å². The number of hydrogen-bond donors (Lipinski definition) is 2. The van der Waals surface area contributed by atoms with Crippen molar-refractivity contribution in [3.63, 3.8) is 0 Å². The molecular weight excluding hydrogens is 354 g/mol. The van der Waals surface area contributed by atoms with Gasteiger partial charge in [0.15, 0.2) is 5.78 Å². The van der Waals surface area contributed by atoms with Crippen molar-refractivity contribution in [1.82, 2.24) is 15.2 Å². The molecule has 3 aromatic rings. The lowest BCUT2D eigenvalue weighted by atomic mass is 9.87. The van der Waals surface area contributed by atoms with Crippen molar-refractivity contribution in [1.29, 1.82) is 0 Å². The number of aromatic amines is 1. The van der Waals surface area contributed by atoms with Crippen LogP contribution in [0.15, 0.2) is 54.6 Å². The Hall–Kier alpha value is -3.41. The van der Waals surface area contributed by atoms with E-state index in [9.17, 15) is 14.4 Å². The van der Waals surface area contributed by atoms with Crippen molar-refractivity contribution in [3.05, 3.63) is 71.4 Å². The summed E-state index contributed by atoms with van der Waals surface area (Å²) in [7, 11) is 0. The predicted molar refractivity (Wildman–Crippen MR) is 106 cm³/mol. The first-order valence-corrected chi connectivity index (χ1v) is 9.28. The molecule has 1 saturated heterocycles. The average molecular weight is 375 g/mol. The molecule has 0 unspecified atom stereocenters. The molecule has 3 amide bonds. The minimum Gasteiger partial charge on any atom is -0.358 e. The number of hydrogen-bond acceptors (Lipinski definition) is 3. The summed E-state index contributed by atoms with van der Waals surface area (Å²) in [6.07, 6.45) is 0.401. The van der Waals surface area contributed by atoms with Crippen LogP contribution in [0.1, 0.15) is 35.0 Å². The summed E-state index contributed by atoms with van der Waals surface area (Å²) in [6.45, 7) is 3.38. The van der Waals surface area contributed by atoms with Crippen LogP contribution in [0, 0.1) is 6.92 Å². The number of carbonyl (C=O) groups is 3. The Balaban J connectivity index is 1.67. The lowest BCUT2D eigenvalue weighted by Crippen LogP contribution is -2.43. The number of nitrogens with one attached hydrogen (secondary N) is 2. The summed E-state index contributed by atoms with van der Waals surface area (Å²) >= 11 is 0. The van der Waals surface area contributed by atoms with E-state index in [2.05, 4.69) is 10.3 Å². The average Bonchev–Trinajstić information content (AvgIpc) is 3.17. The quantitative estimate of drug-likeness (QED) is 0.529. The number of imide groups is 1. The lowest BCUT2D eigenvalue weighted by molar-refractivity contribution is -0.131. The van der Waals surface area contributed by atoms with Gasteiger partial charge in [0.05, 0.1) is 6.54 Å². The molecule has 0 aliphatic carbocycles. The normalized spacial score (nSPS) is 19.3. The molecule has 2 N–H and O–H groups in total. The Labute approximate surface area is 162 Å². The first-order chi connectivity index (χ1) is 13.5. The van der Waals surface area contributed by atoms with Crippen molar-refractivity contribution in [2.75, 3.05) is 6.54 Å². The maximum atomic E-state index is 13.2. The first-order valence-electron chi connectivity index (χ1n) is 9.28. The largest absolute Gasteiger partial charge is 0.358 e. The fraction of sp³-hybridized carbons (Fsp3) is 0.227. The van der Waals surface area contributed by atoms with Crippen LogP contribution >= 0.6 is 0 Å². The van der Waals surface area contributed by atoms with Crippen molar-refractivity contribution < 1.29 is 14.4 Å². The fourth-order valence-electron chi connectivity index (χ4n) is 3.99. The minimum atomic E-state index is -1.13. The number of ketones is 1. The Bertz CT molecular complexity index is 1090. The number of fused-ring (bicyclic) bond motifs is 1. The van der Waals surface area contributed by atoms with Crippen LogP contribution in [0.5, 0.6) is 0 Å². The topological polar surface area (TPSA) is 82.3 Å². The summed E-state index contributed by atoms with van der Waals surface area (Å²) in [6, 6.07) is 16.1. The highest BCUT2D eigenvalue weighted by atomic mass is 16.2. The molecule has 0 radical (unpaired) electrons. The van der Waals surface area contributed by atoms with Crippen LogP contribution in [0.4, 0.5) is 4.79 Å². The summed E-state index contributed by atoms with van der Waals surface area (Å²) in [5.74, 6) is -0.657. The molecule has 0 saturated carbocycles. The van der Waals surface area contributed by atoms with E-state index in [1.807, 2.05) is 68.4 Å². The van der Waals surface area contributed by atoms with Crippen LogP contribution in [0.3, 0.4) is 0 Å². The van der Waals surface area contributed by atoms with Gasteiger partial charge in [-0.15, -0.1) is 0 Å². The summed E-state index contributed by atoms with van der Waals surface area (Å²) in [5, 5.41) is 3.61. The van der Waals surface area contributed by atoms with Crippen LogP contribution in [0.2, 0.25) is 0 Å². The summed E-state index contributed by atoms with van der Waals surface area (Å²) in [4.78, 5) is 43.1. The number of Topliss-reactive ketones (excluding diaryl/α,β-unsaturated/α-hetero) is 1. The third kappa shape index (κ3) is 2.60. The van der Waals surface area contributed by atoms with Crippen molar-refractivity contribution in [2.24, 2.45) is 0 Å². The van der Waals surface area contributed by atoms with Gasteiger partial charge in [0.25, 0.3) is 5.91 Å². The highest BCUT2D eigenvalue weighted by Gasteiger charge is 2.51. The van der Waals surface area contributed by atoms with E-state index in [0.717, 1.165) is 21.5 Å². The number of benzene rings is 2. The molecule has 28 heavy (non-hydrogen) atoms. The number of para-hydroxylation sites is 1. The molecule has 1 atom stereocenters. The van der Waals surface area contributed by atoms with E-state index in [1.165, 1.54) is 0 Å². The van der Waals surface area contributed by atoms with Gasteiger partial charge in [-0.3, -0.25) is 14.5 Å². The second kappa shape index (κ2) is 6.64. The van der Waals surface area contributed by atoms with E-state index in [-0.39, 0.29) is 12.3 Å². The zero-order valence-electron chi connectivity index (χ0n) is 15.8. The molecule has 1 aromatic heterocycles. The van der Waals surface area contributed by atoms with E-state index in [4.69, 9.17) is 0 Å². The van der Waals surface area contributed by atoms with E-state index in [0.29, 0.717) is 17.5 Å². The first kappa shape index (κ1) is 18.0. The van der Waals surface area contributed by atoms with Gasteiger partial charge in [-0.1, -0.05) is 55.5 Å². The van der Waals surface area contributed by atoms with Crippen molar-refractivity contribution >= 4 is 28.6 Å². The fourth-order valence-corrected chi connectivity index (χ4v) is 3.99. The lowest BCUT2D eigenvalue weighted by Gasteiger charge is -2.25. The maximum Gasteiger partial charge on any atom is 0.325 e. The second-order valence-electron chi connectivity index (χ2n) is 7.04. The van der Waals surface area contributed by atoms with Crippen LogP contribution < -0.4 is 5.32 Å². The number of nitrogens with zero attached hydrogens (tertiary/aromatic N) is 1. The third-order valence-electron chi connectivity index (χ3n) is 5.45. The molecule has 1 aliphatic rings. The molecule has 142 valence electrons. The smallest absolute Gasteiger partial charge is 0.325 e. The van der Waals surface area contributed by atoms with E-state index < -0.39 is 17.5 Å². The molecule has 1 fully saturated rings. The minimum absolute atomic E-state index is 0.265. The molecule has 0 spiro atoms. The molecule has 6 heteroatoms. The SMILES string of the molecule is CC[C@@]1(c2ccccc2)NC(=O)N(CC(=O)c2c(C)[nH]c3ccccc23)C1=O. The van der Waals surface area contributed by atoms with Crippen LogP contribution in [-0.4, -0.2) is 34.2 Å². The number of aromatic nitrogens is 1. The number of H-pyrrole nitrogens is 1. The number of amides is 3. The Morgan fingerprint density at radius 3 is 2.43 bits per heavy atom. The summed E-state index contributed by atoms with van der Waals surface area (Å²) in [5.41, 5.74) is 1.68. The van der Waals surface area contributed by atoms with Gasteiger partial charge in [-0.25, -0.2) is 4.79 Å². The molecule has 6 nitrogen and oxygen atoms in total. The van der Waals surface area contributed by atoms with Gasteiger partial charge in [0.2, 0.25) is 0 Å². The second-order valence-corrected chi connectivity index (χ2v) is 7.04. The monoisotopic (exact) mass is 375 g/mol. The molecular formula is C22H21N3O3. The Morgan fingerprint density at radius 2 is 1.71 bits per heavy atom. The van der Waals surface area contributed by atoms with E-state index >= 15 is 0 Å². The van der Waals surface area contributed by atoms with Crippen molar-refractivity contribution in [3.8, 4) is 0 Å². The van der Waals surface area contributed by atoms with Crippen molar-refractivity contribution in [2.45, 2.75) is 25.8 Å². The van der Waals surface area contributed by atoms with Gasteiger partial charge in [0.1, 0.15) is 5.54 Å². The van der Waals surface area contributed by atoms with E-state index in [1.54, 1.807) is 0 Å². The third-order valence-corrected chi connectivity index (χ3v) is 5.45. The zero-order valence-corrected chi connectivity index (χ0v) is 15.8. The summed E-state index contributed by atoms with van der Waals surface area (Å²) < 4.78 is 0. The number of aryl methyl sites for hydroxylation is 1. The predicted octanol–water partition coefficient (Wildman–Crippen LogP) is 3.52. The zero-order chi connectivity index (χ0) is 19.9. The van der Waals surface area contributed by atoms with Gasteiger partial charge in [-0.2, -0.15) is 0 Å².